The Labute approximate surface area is 108 Å². The number of esters is 1. The molecule has 17 heavy (non-hydrogen) atoms. The molecular weight excluding hydrogens is 266 g/mol. The van der Waals surface area contributed by atoms with Crippen LogP contribution in [0.3, 0.4) is 0 Å². The van der Waals surface area contributed by atoms with Crippen molar-refractivity contribution >= 4 is 29.3 Å². The van der Waals surface area contributed by atoms with E-state index in [1.165, 1.54) is 26.0 Å². The molecule has 0 bridgehead atoms. The van der Waals surface area contributed by atoms with E-state index < -0.39 is 0 Å². The lowest BCUT2D eigenvalue weighted by atomic mass is 10.3. The summed E-state index contributed by atoms with van der Waals surface area (Å²) in [6, 6.07) is 0.151. The van der Waals surface area contributed by atoms with Gasteiger partial charge in [0.15, 0.2) is 5.16 Å². The van der Waals surface area contributed by atoms with Crippen molar-refractivity contribution in [2.75, 3.05) is 14.2 Å². The number of hydrogen-bond acceptors (Lipinski definition) is 7. The van der Waals surface area contributed by atoms with Gasteiger partial charge >= 0.3 is 12.0 Å². The number of ether oxygens (including phenoxy) is 2. The number of hydrogen-bond donors (Lipinski definition) is 0. The highest BCUT2D eigenvalue weighted by molar-refractivity contribution is 7.99. The minimum absolute atomic E-state index is 0.0226. The fourth-order valence-electron chi connectivity index (χ4n) is 0.998. The van der Waals surface area contributed by atoms with Crippen molar-refractivity contribution in [2.24, 2.45) is 0 Å². The van der Waals surface area contributed by atoms with E-state index in [4.69, 9.17) is 16.3 Å². The number of aromatic nitrogens is 3. The molecule has 0 spiro atoms. The van der Waals surface area contributed by atoms with Crippen molar-refractivity contribution in [1.29, 1.82) is 0 Å². The van der Waals surface area contributed by atoms with E-state index in [0.717, 1.165) is 0 Å². The van der Waals surface area contributed by atoms with Crippen LogP contribution in [0.5, 0.6) is 6.01 Å². The molecule has 0 aliphatic carbocycles. The number of halogens is 1. The second-order valence-electron chi connectivity index (χ2n) is 3.08. The summed E-state index contributed by atoms with van der Waals surface area (Å²) in [5.41, 5.74) is 0. The maximum absolute atomic E-state index is 11.1. The zero-order valence-corrected chi connectivity index (χ0v) is 11.2. The van der Waals surface area contributed by atoms with Crippen molar-refractivity contribution in [1.82, 2.24) is 15.0 Å². The minimum Gasteiger partial charge on any atom is -0.469 e. The molecule has 0 amide bonds. The van der Waals surface area contributed by atoms with Crippen LogP contribution in [0.15, 0.2) is 5.16 Å². The molecule has 1 unspecified atom stereocenters. The Morgan fingerprint density at radius 3 is 2.71 bits per heavy atom. The maximum Gasteiger partial charge on any atom is 0.321 e. The van der Waals surface area contributed by atoms with Gasteiger partial charge < -0.3 is 9.47 Å². The number of rotatable bonds is 5. The Kier molecular flexibility index (Phi) is 5.43. The van der Waals surface area contributed by atoms with Gasteiger partial charge in [-0.25, -0.2) is 0 Å². The van der Waals surface area contributed by atoms with Crippen LogP contribution in [0.25, 0.3) is 0 Å². The summed E-state index contributed by atoms with van der Waals surface area (Å²) >= 11 is 7.00. The van der Waals surface area contributed by atoms with Gasteiger partial charge in [0.25, 0.3) is 0 Å². The summed E-state index contributed by atoms with van der Waals surface area (Å²) in [5, 5.41) is 0.452. The van der Waals surface area contributed by atoms with Gasteiger partial charge in [0.1, 0.15) is 0 Å². The molecule has 0 N–H and O–H groups in total. The fraction of sp³-hybridized carbons (Fsp3) is 0.556. The van der Waals surface area contributed by atoms with E-state index in [1.54, 1.807) is 0 Å². The molecule has 94 valence electrons. The van der Waals surface area contributed by atoms with Crippen molar-refractivity contribution in [3.63, 3.8) is 0 Å². The topological polar surface area (TPSA) is 74.2 Å². The molecule has 1 atom stereocenters. The second kappa shape index (κ2) is 6.61. The van der Waals surface area contributed by atoms with Gasteiger partial charge in [-0.3, -0.25) is 4.79 Å². The Hall–Kier alpha value is -1.08. The number of thioether (sulfide) groups is 1. The van der Waals surface area contributed by atoms with Crippen molar-refractivity contribution in [3.8, 4) is 6.01 Å². The van der Waals surface area contributed by atoms with Crippen LogP contribution in [-0.2, 0) is 9.53 Å². The number of nitrogens with zero attached hydrogens (tertiary/aromatic N) is 3. The standard InChI is InChI=1S/C9H12ClN3O3S/c1-5(4-6(14)15-2)17-9-12-7(10)11-8(13-9)16-3/h5H,4H2,1-3H3. The third kappa shape index (κ3) is 4.74. The first-order chi connectivity index (χ1) is 8.05. The average molecular weight is 278 g/mol. The summed E-state index contributed by atoms with van der Waals surface area (Å²) in [7, 11) is 2.79. The highest BCUT2D eigenvalue weighted by atomic mass is 35.5. The molecule has 1 rings (SSSR count). The normalized spacial score (nSPS) is 12.0. The summed E-state index contributed by atoms with van der Waals surface area (Å²) in [5.74, 6) is -0.280. The molecule has 0 radical (unpaired) electrons. The van der Waals surface area contributed by atoms with Gasteiger partial charge in [-0.15, -0.1) is 0 Å². The van der Waals surface area contributed by atoms with E-state index in [-0.39, 0.29) is 28.9 Å². The van der Waals surface area contributed by atoms with Gasteiger partial charge in [-0.2, -0.15) is 15.0 Å². The predicted octanol–water partition coefficient (Wildman–Crippen LogP) is 1.58. The third-order valence-corrected chi connectivity index (χ3v) is 2.87. The van der Waals surface area contributed by atoms with E-state index >= 15 is 0 Å². The van der Waals surface area contributed by atoms with E-state index in [1.807, 2.05) is 6.92 Å². The highest BCUT2D eigenvalue weighted by Crippen LogP contribution is 2.24. The summed E-state index contributed by atoms with van der Waals surface area (Å²) < 4.78 is 9.44. The molecule has 0 aliphatic heterocycles. The summed E-state index contributed by atoms with van der Waals surface area (Å²) in [6.45, 7) is 1.87. The molecule has 0 saturated heterocycles. The number of carbonyl (C=O) groups is 1. The zero-order valence-electron chi connectivity index (χ0n) is 9.64. The molecule has 0 saturated carbocycles. The average Bonchev–Trinajstić information content (AvgIpc) is 2.27. The first-order valence-corrected chi connectivity index (χ1v) is 6.00. The molecule has 6 nitrogen and oxygen atoms in total. The van der Waals surface area contributed by atoms with Crippen LogP contribution in [0.2, 0.25) is 5.28 Å². The predicted molar refractivity (Wildman–Crippen MR) is 63.3 cm³/mol. The van der Waals surface area contributed by atoms with Crippen LogP contribution in [-0.4, -0.2) is 40.4 Å². The van der Waals surface area contributed by atoms with E-state index in [2.05, 4.69) is 19.7 Å². The van der Waals surface area contributed by atoms with Crippen LogP contribution < -0.4 is 4.74 Å². The lowest BCUT2D eigenvalue weighted by molar-refractivity contribution is -0.140. The molecular formula is C9H12ClN3O3S. The lowest BCUT2D eigenvalue weighted by Gasteiger charge is -2.08. The zero-order chi connectivity index (χ0) is 12.8. The quantitative estimate of drug-likeness (QED) is 0.597. The van der Waals surface area contributed by atoms with Crippen molar-refractivity contribution in [2.45, 2.75) is 23.8 Å². The molecule has 1 heterocycles. The van der Waals surface area contributed by atoms with Crippen molar-refractivity contribution < 1.29 is 14.3 Å². The van der Waals surface area contributed by atoms with Crippen LogP contribution in [0.4, 0.5) is 0 Å². The Bertz CT molecular complexity index is 405. The largest absolute Gasteiger partial charge is 0.469 e. The summed E-state index contributed by atoms with van der Waals surface area (Å²) in [4.78, 5) is 22.8. The fourth-order valence-corrected chi connectivity index (χ4v) is 2.05. The number of methoxy groups -OCH3 is 2. The molecule has 1 aromatic rings. The van der Waals surface area contributed by atoms with Gasteiger partial charge in [0, 0.05) is 5.25 Å². The molecule has 8 heteroatoms. The first kappa shape index (κ1) is 14.0. The van der Waals surface area contributed by atoms with E-state index in [0.29, 0.717) is 5.16 Å². The highest BCUT2D eigenvalue weighted by Gasteiger charge is 2.14. The number of carbonyl (C=O) groups excluding carboxylic acids is 1. The Morgan fingerprint density at radius 1 is 1.41 bits per heavy atom. The van der Waals surface area contributed by atoms with Crippen molar-refractivity contribution in [3.05, 3.63) is 5.28 Å². The smallest absolute Gasteiger partial charge is 0.321 e. The lowest BCUT2D eigenvalue weighted by Crippen LogP contribution is -2.09. The monoisotopic (exact) mass is 277 g/mol. The molecule has 0 aliphatic rings. The van der Waals surface area contributed by atoms with Gasteiger partial charge in [0.05, 0.1) is 20.6 Å². The van der Waals surface area contributed by atoms with Gasteiger partial charge in [0.2, 0.25) is 5.28 Å². The third-order valence-electron chi connectivity index (χ3n) is 1.74. The maximum atomic E-state index is 11.1. The first-order valence-electron chi connectivity index (χ1n) is 4.74. The second-order valence-corrected chi connectivity index (χ2v) is 4.83. The van der Waals surface area contributed by atoms with Crippen LogP contribution in [0.1, 0.15) is 13.3 Å². The summed E-state index contributed by atoms with van der Waals surface area (Å²) in [6.07, 6.45) is 0.271. The minimum atomic E-state index is -0.280. The van der Waals surface area contributed by atoms with Gasteiger partial charge in [-0.1, -0.05) is 18.7 Å². The van der Waals surface area contributed by atoms with Crippen LogP contribution in [0, 0.1) is 0 Å². The Balaban J connectivity index is 2.67. The molecule has 0 fully saturated rings. The van der Waals surface area contributed by atoms with E-state index in [9.17, 15) is 4.79 Å². The van der Waals surface area contributed by atoms with Gasteiger partial charge in [-0.05, 0) is 11.6 Å². The van der Waals surface area contributed by atoms with Crippen LogP contribution >= 0.6 is 23.4 Å². The SMILES string of the molecule is COC(=O)CC(C)Sc1nc(Cl)nc(OC)n1. The molecule has 0 aromatic carbocycles. The Morgan fingerprint density at radius 2 is 2.12 bits per heavy atom. The molecule has 1 aromatic heterocycles.